The molecule has 0 aliphatic carbocycles. The molecular weight excluding hydrogens is 310 g/mol. The van der Waals surface area contributed by atoms with E-state index in [2.05, 4.69) is 15.1 Å². The third kappa shape index (κ3) is 2.23. The topological polar surface area (TPSA) is 91.2 Å². The predicted octanol–water partition coefficient (Wildman–Crippen LogP) is 3.33. The van der Waals surface area contributed by atoms with Gasteiger partial charge in [0.15, 0.2) is 11.5 Å². The molecule has 0 aliphatic rings. The molecule has 4 heterocycles. The number of nitrogens with zero attached hydrogens (tertiary/aromatic N) is 3. The second-order valence-electron chi connectivity index (χ2n) is 4.98. The van der Waals surface area contributed by atoms with Crippen LogP contribution in [0.2, 0.25) is 0 Å². The number of rotatable bonds is 3. The average molecular weight is 321 g/mol. The van der Waals surface area contributed by atoms with Crippen LogP contribution in [0.15, 0.2) is 57.9 Å². The summed E-state index contributed by atoms with van der Waals surface area (Å²) >= 11 is 0. The number of hydrogen-bond acceptors (Lipinski definition) is 7. The minimum atomic E-state index is -0.511. The molecule has 0 amide bonds. The van der Waals surface area contributed by atoms with Crippen molar-refractivity contribution in [3.05, 3.63) is 54.6 Å². The number of hydrogen-bond donors (Lipinski definition) is 0. The number of carbonyl (C=O) groups excluding carboxylic acids is 1. The Hall–Kier alpha value is -3.48. The van der Waals surface area contributed by atoms with Gasteiger partial charge in [0.1, 0.15) is 0 Å². The first kappa shape index (κ1) is 14.1. The van der Waals surface area contributed by atoms with E-state index >= 15 is 0 Å². The van der Waals surface area contributed by atoms with Crippen molar-refractivity contribution in [3.8, 4) is 22.7 Å². The van der Waals surface area contributed by atoms with E-state index in [0.717, 1.165) is 5.56 Å². The number of methoxy groups -OCH3 is 1. The molecule has 4 rings (SSSR count). The zero-order chi connectivity index (χ0) is 16.5. The Balaban J connectivity index is 2.00. The van der Waals surface area contributed by atoms with Gasteiger partial charge in [-0.15, -0.1) is 0 Å². The zero-order valence-electron chi connectivity index (χ0n) is 12.6. The third-order valence-electron chi connectivity index (χ3n) is 3.56. The molecule has 0 saturated carbocycles. The lowest BCUT2D eigenvalue weighted by Gasteiger charge is -2.05. The van der Waals surface area contributed by atoms with Gasteiger partial charge in [-0.3, -0.25) is 4.98 Å². The van der Waals surface area contributed by atoms with Crippen molar-refractivity contribution >= 4 is 17.1 Å². The molecule has 0 radical (unpaired) electrons. The van der Waals surface area contributed by atoms with Crippen LogP contribution >= 0.6 is 0 Å². The van der Waals surface area contributed by atoms with E-state index in [0.29, 0.717) is 28.1 Å². The number of aromatic nitrogens is 3. The van der Waals surface area contributed by atoms with Crippen molar-refractivity contribution in [2.75, 3.05) is 7.11 Å². The quantitative estimate of drug-likeness (QED) is 0.534. The van der Waals surface area contributed by atoms with Crippen molar-refractivity contribution in [2.45, 2.75) is 0 Å². The molecule has 0 spiro atoms. The summed E-state index contributed by atoms with van der Waals surface area (Å²) < 4.78 is 15.6. The number of esters is 1. The van der Waals surface area contributed by atoms with E-state index in [-0.39, 0.29) is 5.71 Å². The highest BCUT2D eigenvalue weighted by Gasteiger charge is 2.23. The van der Waals surface area contributed by atoms with Crippen molar-refractivity contribution in [1.29, 1.82) is 0 Å². The van der Waals surface area contributed by atoms with Crippen molar-refractivity contribution < 1.29 is 18.5 Å². The fraction of sp³-hybridized carbons (Fsp3) is 0.0588. The largest absolute Gasteiger partial charge is 0.465 e. The summed E-state index contributed by atoms with van der Waals surface area (Å²) in [5.74, 6) is -0.0293. The van der Waals surface area contributed by atoms with E-state index in [9.17, 15) is 4.79 Å². The Morgan fingerprint density at radius 1 is 1.25 bits per heavy atom. The van der Waals surface area contributed by atoms with Crippen LogP contribution in [-0.2, 0) is 4.74 Å². The molecule has 7 heteroatoms. The summed E-state index contributed by atoms with van der Waals surface area (Å²) in [5.41, 5.74) is 2.22. The van der Waals surface area contributed by atoms with Gasteiger partial charge in [-0.1, -0.05) is 5.16 Å². The molecule has 4 aromatic heterocycles. The Morgan fingerprint density at radius 2 is 2.17 bits per heavy atom. The predicted molar refractivity (Wildman–Crippen MR) is 84.1 cm³/mol. The highest BCUT2D eigenvalue weighted by atomic mass is 16.5. The lowest BCUT2D eigenvalue weighted by Crippen LogP contribution is -2.03. The highest BCUT2D eigenvalue weighted by Crippen LogP contribution is 2.33. The van der Waals surface area contributed by atoms with E-state index < -0.39 is 5.97 Å². The van der Waals surface area contributed by atoms with Gasteiger partial charge in [-0.2, -0.15) is 0 Å². The summed E-state index contributed by atoms with van der Waals surface area (Å²) in [6, 6.07) is 8.72. The molecule has 0 fully saturated rings. The van der Waals surface area contributed by atoms with Gasteiger partial charge in [0.2, 0.25) is 0 Å². The first-order valence-corrected chi connectivity index (χ1v) is 7.11. The molecule has 0 unspecified atom stereocenters. The monoisotopic (exact) mass is 321 g/mol. The number of fused-ring (bicyclic) bond motifs is 1. The second-order valence-corrected chi connectivity index (χ2v) is 4.98. The van der Waals surface area contributed by atoms with Gasteiger partial charge in [-0.25, -0.2) is 9.78 Å². The van der Waals surface area contributed by atoms with E-state index in [4.69, 9.17) is 13.7 Å². The van der Waals surface area contributed by atoms with Gasteiger partial charge < -0.3 is 13.7 Å². The molecule has 4 aromatic rings. The summed E-state index contributed by atoms with van der Waals surface area (Å²) in [7, 11) is 1.32. The van der Waals surface area contributed by atoms with Crippen molar-refractivity contribution in [1.82, 2.24) is 15.1 Å². The molecule has 0 aromatic carbocycles. The lowest BCUT2D eigenvalue weighted by atomic mass is 10.1. The first-order valence-electron chi connectivity index (χ1n) is 7.11. The van der Waals surface area contributed by atoms with Crippen molar-refractivity contribution in [3.63, 3.8) is 0 Å². The lowest BCUT2D eigenvalue weighted by molar-refractivity contribution is 0.0603. The Kier molecular flexibility index (Phi) is 3.31. The first-order chi connectivity index (χ1) is 11.8. The van der Waals surface area contributed by atoms with Crippen LogP contribution in [0.4, 0.5) is 0 Å². The van der Waals surface area contributed by atoms with Crippen LogP contribution in [0, 0.1) is 0 Å². The smallest absolute Gasteiger partial charge is 0.338 e. The fourth-order valence-corrected chi connectivity index (χ4v) is 2.47. The Morgan fingerprint density at radius 3 is 2.88 bits per heavy atom. The summed E-state index contributed by atoms with van der Waals surface area (Å²) in [5, 5.41) is 4.44. The summed E-state index contributed by atoms with van der Waals surface area (Å²) in [4.78, 5) is 20.8. The highest BCUT2D eigenvalue weighted by molar-refractivity contribution is 6.07. The van der Waals surface area contributed by atoms with Crippen LogP contribution < -0.4 is 0 Å². The molecule has 0 saturated heterocycles. The number of furan rings is 1. The molecule has 0 atom stereocenters. The van der Waals surface area contributed by atoms with Gasteiger partial charge >= 0.3 is 5.97 Å². The van der Waals surface area contributed by atoms with Crippen LogP contribution in [0.3, 0.4) is 0 Å². The Bertz CT molecular complexity index is 1010. The van der Waals surface area contributed by atoms with Gasteiger partial charge in [0.25, 0.3) is 5.71 Å². The van der Waals surface area contributed by atoms with E-state index in [1.165, 1.54) is 13.4 Å². The molecule has 0 bridgehead atoms. The van der Waals surface area contributed by atoms with Crippen LogP contribution in [0.1, 0.15) is 10.4 Å². The van der Waals surface area contributed by atoms with E-state index in [1.807, 2.05) is 6.07 Å². The van der Waals surface area contributed by atoms with Crippen LogP contribution in [-0.4, -0.2) is 28.2 Å². The summed E-state index contributed by atoms with van der Waals surface area (Å²) in [6.07, 6.45) is 4.83. The number of ether oxygens (including phenoxy) is 1. The standard InChI is InChI=1S/C17H11N3O4/c1-22-17(21)11-8-12(10-4-2-6-18-9-10)19-16-14(11)15(20-24-16)13-5-3-7-23-13/h2-9H,1H3. The van der Waals surface area contributed by atoms with Crippen LogP contribution in [0.25, 0.3) is 33.8 Å². The molecular formula is C17H11N3O4. The molecule has 118 valence electrons. The Labute approximate surface area is 135 Å². The molecule has 0 N–H and O–H groups in total. The maximum Gasteiger partial charge on any atom is 0.338 e. The number of carbonyl (C=O) groups is 1. The maximum atomic E-state index is 12.3. The van der Waals surface area contributed by atoms with Crippen molar-refractivity contribution in [2.24, 2.45) is 0 Å². The zero-order valence-corrected chi connectivity index (χ0v) is 12.6. The van der Waals surface area contributed by atoms with Crippen LogP contribution in [0.5, 0.6) is 0 Å². The SMILES string of the molecule is COC(=O)c1cc(-c2cccnc2)nc2onc(-c3ccco3)c12. The van der Waals surface area contributed by atoms with Gasteiger partial charge in [-0.05, 0) is 30.3 Å². The molecule has 0 aliphatic heterocycles. The normalized spacial score (nSPS) is 10.9. The molecule has 24 heavy (non-hydrogen) atoms. The van der Waals surface area contributed by atoms with E-state index in [1.54, 1.807) is 36.7 Å². The number of pyridine rings is 2. The van der Waals surface area contributed by atoms with Gasteiger partial charge in [0, 0.05) is 18.0 Å². The summed E-state index contributed by atoms with van der Waals surface area (Å²) in [6.45, 7) is 0. The van der Waals surface area contributed by atoms with Gasteiger partial charge in [0.05, 0.1) is 30.0 Å². The maximum absolute atomic E-state index is 12.3. The second kappa shape index (κ2) is 5.62. The minimum Gasteiger partial charge on any atom is -0.465 e. The fourth-order valence-electron chi connectivity index (χ4n) is 2.47. The minimum absolute atomic E-state index is 0.225. The third-order valence-corrected chi connectivity index (χ3v) is 3.56. The molecule has 7 nitrogen and oxygen atoms in total. The average Bonchev–Trinajstić information content (AvgIpc) is 3.30.